The Morgan fingerprint density at radius 2 is 2.00 bits per heavy atom. The van der Waals surface area contributed by atoms with Crippen molar-refractivity contribution in [3.05, 3.63) is 17.7 Å². The van der Waals surface area contributed by atoms with Gasteiger partial charge in [0.1, 0.15) is 5.75 Å². The van der Waals surface area contributed by atoms with Crippen LogP contribution in [0.15, 0.2) is 12.1 Å². The highest BCUT2D eigenvalue weighted by Gasteiger charge is 2.21. The molecule has 0 bridgehead atoms. The number of hydrogen-bond donors (Lipinski definition) is 1. The zero-order chi connectivity index (χ0) is 14.7. The van der Waals surface area contributed by atoms with Crippen LogP contribution in [-0.2, 0) is 11.3 Å². The van der Waals surface area contributed by atoms with E-state index in [0.29, 0.717) is 18.0 Å². The second-order valence-corrected chi connectivity index (χ2v) is 5.22. The summed E-state index contributed by atoms with van der Waals surface area (Å²) in [7, 11) is 1.86. The molecule has 1 saturated heterocycles. The minimum absolute atomic E-state index is 0.0422. The summed E-state index contributed by atoms with van der Waals surface area (Å²) in [6.45, 7) is 2.62. The standard InChI is InChI=1S/C15H20N2O4/c1-16-8-11-6-13-14(21-10-20-13)7-12(11)19-9-15(18)17-4-2-3-5-17/h6-7,16H,2-5,8-10H2,1H3. The number of carbonyl (C=O) groups excluding carboxylic acids is 1. The molecule has 1 N–H and O–H groups in total. The molecular weight excluding hydrogens is 272 g/mol. The molecule has 21 heavy (non-hydrogen) atoms. The van der Waals surface area contributed by atoms with Gasteiger partial charge in [0, 0.05) is 31.3 Å². The van der Waals surface area contributed by atoms with Gasteiger partial charge in [-0.3, -0.25) is 4.79 Å². The first kappa shape index (κ1) is 14.0. The molecule has 0 aliphatic carbocycles. The van der Waals surface area contributed by atoms with Crippen molar-refractivity contribution in [1.82, 2.24) is 10.2 Å². The van der Waals surface area contributed by atoms with Gasteiger partial charge in [-0.1, -0.05) is 0 Å². The number of rotatable bonds is 5. The van der Waals surface area contributed by atoms with Gasteiger partial charge in [0.05, 0.1) is 0 Å². The first-order chi connectivity index (χ1) is 10.3. The topological polar surface area (TPSA) is 60.0 Å². The van der Waals surface area contributed by atoms with Gasteiger partial charge in [-0.25, -0.2) is 0 Å². The first-order valence-corrected chi connectivity index (χ1v) is 7.25. The summed E-state index contributed by atoms with van der Waals surface area (Å²) in [6.07, 6.45) is 2.17. The Morgan fingerprint density at radius 3 is 2.71 bits per heavy atom. The fourth-order valence-electron chi connectivity index (χ4n) is 2.63. The van der Waals surface area contributed by atoms with Crippen molar-refractivity contribution in [2.45, 2.75) is 19.4 Å². The lowest BCUT2D eigenvalue weighted by Crippen LogP contribution is -2.32. The van der Waals surface area contributed by atoms with Crippen LogP contribution < -0.4 is 19.5 Å². The number of hydrogen-bond acceptors (Lipinski definition) is 5. The molecule has 2 heterocycles. The molecule has 6 nitrogen and oxygen atoms in total. The molecule has 114 valence electrons. The van der Waals surface area contributed by atoms with Gasteiger partial charge < -0.3 is 24.4 Å². The number of likely N-dealkylation sites (tertiary alicyclic amines) is 1. The normalized spacial score (nSPS) is 16.3. The molecule has 2 aliphatic heterocycles. The summed E-state index contributed by atoms with van der Waals surface area (Å²) in [4.78, 5) is 13.9. The van der Waals surface area contributed by atoms with Crippen LogP contribution >= 0.6 is 0 Å². The SMILES string of the molecule is CNCc1cc2c(cc1OCC(=O)N1CCCC1)OCO2. The highest BCUT2D eigenvalue weighted by Crippen LogP contribution is 2.38. The molecule has 2 aliphatic rings. The molecule has 1 fully saturated rings. The monoisotopic (exact) mass is 292 g/mol. The fraction of sp³-hybridized carbons (Fsp3) is 0.533. The van der Waals surface area contributed by atoms with Crippen molar-refractivity contribution in [3.63, 3.8) is 0 Å². The molecule has 0 unspecified atom stereocenters. The Hall–Kier alpha value is -1.95. The van der Waals surface area contributed by atoms with Gasteiger partial charge in [0.2, 0.25) is 6.79 Å². The van der Waals surface area contributed by atoms with Gasteiger partial charge in [0.15, 0.2) is 18.1 Å². The predicted octanol–water partition coefficient (Wildman–Crippen LogP) is 1.14. The largest absolute Gasteiger partial charge is 0.483 e. The van der Waals surface area contributed by atoms with Gasteiger partial charge in [0.25, 0.3) is 5.91 Å². The van der Waals surface area contributed by atoms with Crippen molar-refractivity contribution in [1.29, 1.82) is 0 Å². The molecule has 1 amide bonds. The lowest BCUT2D eigenvalue weighted by atomic mass is 10.1. The van der Waals surface area contributed by atoms with E-state index in [4.69, 9.17) is 14.2 Å². The second kappa shape index (κ2) is 6.22. The van der Waals surface area contributed by atoms with Crippen molar-refractivity contribution in [3.8, 4) is 17.2 Å². The van der Waals surface area contributed by atoms with Gasteiger partial charge in [-0.05, 0) is 26.0 Å². The van der Waals surface area contributed by atoms with E-state index in [0.717, 1.165) is 37.2 Å². The lowest BCUT2D eigenvalue weighted by molar-refractivity contribution is -0.132. The van der Waals surface area contributed by atoms with Crippen LogP contribution in [-0.4, -0.2) is 44.3 Å². The summed E-state index contributed by atoms with van der Waals surface area (Å²) in [6, 6.07) is 3.70. The Labute approximate surface area is 124 Å². The van der Waals surface area contributed by atoms with E-state index in [1.54, 1.807) is 6.07 Å². The average Bonchev–Trinajstić information content (AvgIpc) is 3.15. The number of ether oxygens (including phenoxy) is 3. The molecule has 6 heteroatoms. The summed E-state index contributed by atoms with van der Waals surface area (Å²) in [5, 5.41) is 3.09. The number of carbonyl (C=O) groups is 1. The van der Waals surface area contributed by atoms with E-state index in [1.807, 2.05) is 18.0 Å². The van der Waals surface area contributed by atoms with Crippen LogP contribution in [0.3, 0.4) is 0 Å². The molecule has 0 spiro atoms. The molecule has 0 atom stereocenters. The average molecular weight is 292 g/mol. The predicted molar refractivity (Wildman–Crippen MR) is 76.6 cm³/mol. The first-order valence-electron chi connectivity index (χ1n) is 7.25. The lowest BCUT2D eigenvalue weighted by Gasteiger charge is -2.17. The smallest absolute Gasteiger partial charge is 0.260 e. The Bertz CT molecular complexity index is 527. The Morgan fingerprint density at radius 1 is 1.29 bits per heavy atom. The molecule has 0 radical (unpaired) electrons. The second-order valence-electron chi connectivity index (χ2n) is 5.22. The third-order valence-electron chi connectivity index (χ3n) is 3.73. The maximum absolute atomic E-state index is 12.1. The number of nitrogens with zero attached hydrogens (tertiary/aromatic N) is 1. The number of benzene rings is 1. The van der Waals surface area contributed by atoms with E-state index >= 15 is 0 Å². The number of fused-ring (bicyclic) bond motifs is 1. The molecule has 3 rings (SSSR count). The maximum Gasteiger partial charge on any atom is 0.260 e. The summed E-state index contributed by atoms with van der Waals surface area (Å²) in [5.74, 6) is 2.10. The summed E-state index contributed by atoms with van der Waals surface area (Å²) >= 11 is 0. The van der Waals surface area contributed by atoms with Gasteiger partial charge in [-0.15, -0.1) is 0 Å². The third kappa shape index (κ3) is 3.05. The van der Waals surface area contributed by atoms with E-state index in [2.05, 4.69) is 5.32 Å². The Balaban J connectivity index is 1.70. The number of nitrogens with one attached hydrogen (secondary N) is 1. The quantitative estimate of drug-likeness (QED) is 0.882. The van der Waals surface area contributed by atoms with Gasteiger partial charge >= 0.3 is 0 Å². The van der Waals surface area contributed by atoms with Crippen LogP contribution in [0.2, 0.25) is 0 Å². The molecule has 1 aromatic rings. The van der Waals surface area contributed by atoms with Crippen LogP contribution in [0.25, 0.3) is 0 Å². The van der Waals surface area contributed by atoms with Crippen molar-refractivity contribution in [2.24, 2.45) is 0 Å². The molecule has 0 aromatic heterocycles. The molecular formula is C15H20N2O4. The van der Waals surface area contributed by atoms with Crippen LogP contribution in [0.5, 0.6) is 17.2 Å². The van der Waals surface area contributed by atoms with Crippen molar-refractivity contribution >= 4 is 5.91 Å². The summed E-state index contributed by atoms with van der Waals surface area (Å²) < 4.78 is 16.4. The van der Waals surface area contributed by atoms with Crippen LogP contribution in [0.4, 0.5) is 0 Å². The highest BCUT2D eigenvalue weighted by atomic mass is 16.7. The minimum atomic E-state index is 0.0422. The third-order valence-corrected chi connectivity index (χ3v) is 3.73. The van der Waals surface area contributed by atoms with E-state index in [1.165, 1.54) is 0 Å². The fourth-order valence-corrected chi connectivity index (χ4v) is 2.63. The number of amides is 1. The van der Waals surface area contributed by atoms with Crippen molar-refractivity contribution in [2.75, 3.05) is 33.5 Å². The van der Waals surface area contributed by atoms with Crippen LogP contribution in [0.1, 0.15) is 18.4 Å². The zero-order valence-electron chi connectivity index (χ0n) is 12.2. The van der Waals surface area contributed by atoms with Crippen molar-refractivity contribution < 1.29 is 19.0 Å². The van der Waals surface area contributed by atoms with E-state index in [9.17, 15) is 4.79 Å². The minimum Gasteiger partial charge on any atom is -0.483 e. The molecule has 0 saturated carbocycles. The maximum atomic E-state index is 12.1. The van der Waals surface area contributed by atoms with Gasteiger partial charge in [-0.2, -0.15) is 0 Å². The summed E-state index contributed by atoms with van der Waals surface area (Å²) in [5.41, 5.74) is 0.955. The van der Waals surface area contributed by atoms with Crippen LogP contribution in [0, 0.1) is 0 Å². The Kier molecular flexibility index (Phi) is 4.15. The van der Waals surface area contributed by atoms with E-state index in [-0.39, 0.29) is 19.3 Å². The van der Waals surface area contributed by atoms with E-state index < -0.39 is 0 Å². The zero-order valence-corrected chi connectivity index (χ0v) is 12.2. The molecule has 1 aromatic carbocycles. The highest BCUT2D eigenvalue weighted by molar-refractivity contribution is 5.78.